The molecule has 1 amide bonds. The lowest BCUT2D eigenvalue weighted by atomic mass is 10.1. The van der Waals surface area contributed by atoms with Gasteiger partial charge in [0.05, 0.1) is 18.7 Å². The number of furan rings is 1. The number of para-hydroxylation sites is 1. The SMILES string of the molecule is COC(=O)c1c(C)[nH]c(C(=O)N(C)C(C)c2cc3ccccc3o2)c1C. The van der Waals surface area contributed by atoms with Crippen LogP contribution in [0.3, 0.4) is 0 Å². The molecule has 1 N–H and O–H groups in total. The van der Waals surface area contributed by atoms with Crippen LogP contribution in [-0.2, 0) is 4.74 Å². The summed E-state index contributed by atoms with van der Waals surface area (Å²) in [5.74, 6) is 0.0353. The molecule has 0 bridgehead atoms. The summed E-state index contributed by atoms with van der Waals surface area (Å²) in [5, 5.41) is 0.995. The van der Waals surface area contributed by atoms with Crippen molar-refractivity contribution in [2.75, 3.05) is 14.2 Å². The van der Waals surface area contributed by atoms with E-state index in [-0.39, 0.29) is 11.9 Å². The molecule has 6 nitrogen and oxygen atoms in total. The first kappa shape index (κ1) is 17.8. The van der Waals surface area contributed by atoms with Gasteiger partial charge in [-0.1, -0.05) is 18.2 Å². The molecule has 3 rings (SSSR count). The van der Waals surface area contributed by atoms with Crippen LogP contribution in [0.5, 0.6) is 0 Å². The number of hydrogen-bond acceptors (Lipinski definition) is 4. The number of amides is 1. The maximum absolute atomic E-state index is 13.0. The minimum Gasteiger partial charge on any atom is -0.465 e. The fraction of sp³-hybridized carbons (Fsp3) is 0.300. The Bertz CT molecular complexity index is 950. The molecule has 1 atom stereocenters. The van der Waals surface area contributed by atoms with E-state index in [9.17, 15) is 9.59 Å². The highest BCUT2D eigenvalue weighted by atomic mass is 16.5. The lowest BCUT2D eigenvalue weighted by Crippen LogP contribution is -2.30. The maximum atomic E-state index is 13.0. The molecule has 1 aromatic carbocycles. The largest absolute Gasteiger partial charge is 0.465 e. The second-order valence-electron chi connectivity index (χ2n) is 6.40. The average molecular weight is 354 g/mol. The molecule has 6 heteroatoms. The fourth-order valence-corrected chi connectivity index (χ4v) is 3.12. The zero-order valence-corrected chi connectivity index (χ0v) is 15.5. The molecule has 0 aliphatic carbocycles. The molecule has 2 aromatic heterocycles. The number of aromatic amines is 1. The van der Waals surface area contributed by atoms with Crippen LogP contribution in [-0.4, -0.2) is 35.9 Å². The first-order valence-corrected chi connectivity index (χ1v) is 8.38. The predicted octanol–water partition coefficient (Wildman–Crippen LogP) is 4.00. The number of carbonyl (C=O) groups excluding carboxylic acids is 2. The van der Waals surface area contributed by atoms with E-state index in [0.717, 1.165) is 11.0 Å². The zero-order valence-electron chi connectivity index (χ0n) is 15.5. The van der Waals surface area contributed by atoms with E-state index in [2.05, 4.69) is 4.98 Å². The summed E-state index contributed by atoms with van der Waals surface area (Å²) >= 11 is 0. The van der Waals surface area contributed by atoms with Crippen LogP contribution in [0.4, 0.5) is 0 Å². The summed E-state index contributed by atoms with van der Waals surface area (Å²) in [7, 11) is 3.04. The predicted molar refractivity (Wildman–Crippen MR) is 98.3 cm³/mol. The van der Waals surface area contributed by atoms with Crippen LogP contribution < -0.4 is 0 Å². The molecule has 0 fully saturated rings. The van der Waals surface area contributed by atoms with E-state index in [1.165, 1.54) is 7.11 Å². The molecule has 2 heterocycles. The Labute approximate surface area is 151 Å². The molecule has 0 aliphatic rings. The average Bonchev–Trinajstić information content (AvgIpc) is 3.20. The van der Waals surface area contributed by atoms with E-state index >= 15 is 0 Å². The van der Waals surface area contributed by atoms with Gasteiger partial charge in [0, 0.05) is 18.1 Å². The van der Waals surface area contributed by atoms with Gasteiger partial charge >= 0.3 is 5.97 Å². The Hall–Kier alpha value is -3.02. The van der Waals surface area contributed by atoms with Crippen LogP contribution in [0.25, 0.3) is 11.0 Å². The van der Waals surface area contributed by atoms with Gasteiger partial charge in [0.1, 0.15) is 17.0 Å². The number of ether oxygens (including phenoxy) is 1. The Morgan fingerprint density at radius 3 is 2.58 bits per heavy atom. The van der Waals surface area contributed by atoms with Gasteiger partial charge in [0.25, 0.3) is 5.91 Å². The number of hydrogen-bond donors (Lipinski definition) is 1. The number of carbonyl (C=O) groups is 2. The minimum atomic E-state index is -0.455. The standard InChI is InChI=1S/C20H22N2O4/c1-11-17(20(24)25-5)12(2)21-18(11)19(23)22(4)13(3)16-10-14-8-6-7-9-15(14)26-16/h6-10,13,21H,1-5H3. The van der Waals surface area contributed by atoms with Crippen LogP contribution >= 0.6 is 0 Å². The van der Waals surface area contributed by atoms with Gasteiger partial charge in [0.15, 0.2) is 0 Å². The number of fused-ring (bicyclic) bond motifs is 1. The maximum Gasteiger partial charge on any atom is 0.339 e. The van der Waals surface area contributed by atoms with Crippen molar-refractivity contribution in [3.05, 3.63) is 58.6 Å². The topological polar surface area (TPSA) is 75.5 Å². The molecule has 3 aromatic rings. The van der Waals surface area contributed by atoms with Crippen LogP contribution in [0.15, 0.2) is 34.7 Å². The number of benzene rings is 1. The molecule has 0 saturated heterocycles. The summed E-state index contributed by atoms with van der Waals surface area (Å²) < 4.78 is 10.7. The monoisotopic (exact) mass is 354 g/mol. The molecule has 0 aliphatic heterocycles. The van der Waals surface area contributed by atoms with Gasteiger partial charge in [0.2, 0.25) is 0 Å². The zero-order chi connectivity index (χ0) is 19.0. The van der Waals surface area contributed by atoms with Crippen molar-refractivity contribution in [3.63, 3.8) is 0 Å². The molecular formula is C20H22N2O4. The van der Waals surface area contributed by atoms with E-state index < -0.39 is 5.97 Å². The van der Waals surface area contributed by atoms with Gasteiger partial charge in [-0.05, 0) is 38.5 Å². The molecular weight excluding hydrogens is 332 g/mol. The second-order valence-corrected chi connectivity index (χ2v) is 6.40. The number of esters is 1. The third-order valence-corrected chi connectivity index (χ3v) is 4.80. The summed E-state index contributed by atoms with van der Waals surface area (Å²) in [6.07, 6.45) is 0. The van der Waals surface area contributed by atoms with E-state index in [1.54, 1.807) is 25.8 Å². The fourth-order valence-electron chi connectivity index (χ4n) is 3.12. The number of nitrogens with zero attached hydrogens (tertiary/aromatic N) is 1. The Morgan fingerprint density at radius 1 is 1.23 bits per heavy atom. The van der Waals surface area contributed by atoms with Crippen LogP contribution in [0, 0.1) is 13.8 Å². The number of H-pyrrole nitrogens is 1. The highest BCUT2D eigenvalue weighted by Gasteiger charge is 2.27. The van der Waals surface area contributed by atoms with Crippen molar-refractivity contribution in [2.45, 2.75) is 26.8 Å². The van der Waals surface area contributed by atoms with Crippen molar-refractivity contribution >= 4 is 22.8 Å². The lowest BCUT2D eigenvalue weighted by Gasteiger charge is -2.23. The first-order valence-electron chi connectivity index (χ1n) is 8.38. The second kappa shape index (κ2) is 6.71. The Kier molecular flexibility index (Phi) is 4.59. The molecule has 0 radical (unpaired) electrons. The third-order valence-electron chi connectivity index (χ3n) is 4.80. The number of rotatable bonds is 4. The van der Waals surface area contributed by atoms with Crippen molar-refractivity contribution in [3.8, 4) is 0 Å². The smallest absolute Gasteiger partial charge is 0.339 e. The molecule has 0 saturated carbocycles. The minimum absolute atomic E-state index is 0.214. The molecule has 136 valence electrons. The van der Waals surface area contributed by atoms with Gasteiger partial charge in [-0.15, -0.1) is 0 Å². The van der Waals surface area contributed by atoms with Gasteiger partial charge < -0.3 is 19.0 Å². The summed E-state index contributed by atoms with van der Waals surface area (Å²) in [6.45, 7) is 5.39. The van der Waals surface area contributed by atoms with Crippen LogP contribution in [0.1, 0.15) is 50.8 Å². The highest BCUT2D eigenvalue weighted by molar-refractivity contribution is 6.00. The Morgan fingerprint density at radius 2 is 1.92 bits per heavy atom. The number of aryl methyl sites for hydroxylation is 1. The van der Waals surface area contributed by atoms with Crippen molar-refractivity contribution in [1.82, 2.24) is 9.88 Å². The molecule has 0 spiro atoms. The van der Waals surface area contributed by atoms with Gasteiger partial charge in [-0.25, -0.2) is 4.79 Å². The van der Waals surface area contributed by atoms with Gasteiger partial charge in [-0.3, -0.25) is 4.79 Å². The lowest BCUT2D eigenvalue weighted by molar-refractivity contribution is 0.0599. The summed E-state index contributed by atoms with van der Waals surface area (Å²) in [4.78, 5) is 29.5. The summed E-state index contributed by atoms with van der Waals surface area (Å²) in [6, 6.07) is 9.40. The normalized spacial score (nSPS) is 12.2. The number of aromatic nitrogens is 1. The van der Waals surface area contributed by atoms with Crippen LogP contribution in [0.2, 0.25) is 0 Å². The van der Waals surface area contributed by atoms with E-state index in [4.69, 9.17) is 9.15 Å². The quantitative estimate of drug-likeness (QED) is 0.719. The number of methoxy groups -OCH3 is 1. The number of nitrogens with one attached hydrogen (secondary N) is 1. The van der Waals surface area contributed by atoms with E-state index in [1.807, 2.05) is 37.3 Å². The van der Waals surface area contributed by atoms with Gasteiger partial charge in [-0.2, -0.15) is 0 Å². The highest BCUT2D eigenvalue weighted by Crippen LogP contribution is 2.28. The van der Waals surface area contributed by atoms with Crippen molar-refractivity contribution < 1.29 is 18.7 Å². The molecule has 1 unspecified atom stereocenters. The van der Waals surface area contributed by atoms with E-state index in [0.29, 0.717) is 28.3 Å². The van der Waals surface area contributed by atoms with Crippen molar-refractivity contribution in [2.24, 2.45) is 0 Å². The van der Waals surface area contributed by atoms with Crippen molar-refractivity contribution in [1.29, 1.82) is 0 Å². The Balaban J connectivity index is 1.91. The summed E-state index contributed by atoms with van der Waals surface area (Å²) in [5.41, 5.74) is 2.77. The third kappa shape index (κ3) is 2.87. The molecule has 26 heavy (non-hydrogen) atoms. The first-order chi connectivity index (χ1) is 12.3.